The van der Waals surface area contributed by atoms with Gasteiger partial charge in [0.15, 0.2) is 0 Å². The van der Waals surface area contributed by atoms with E-state index in [4.69, 9.17) is 17.3 Å². The first-order valence-corrected chi connectivity index (χ1v) is 5.86. The maximum Gasteiger partial charge on any atom is 0.379 e. The highest BCUT2D eigenvalue weighted by atomic mass is 35.5. The molecular weight excluding hydrogens is 283 g/mol. The van der Waals surface area contributed by atoms with Crippen molar-refractivity contribution in [2.75, 3.05) is 6.61 Å². The summed E-state index contributed by atoms with van der Waals surface area (Å²) in [5.41, 5.74) is 4.81. The Morgan fingerprint density at radius 1 is 1.53 bits per heavy atom. The van der Waals surface area contributed by atoms with E-state index >= 15 is 0 Å². The van der Waals surface area contributed by atoms with Crippen molar-refractivity contribution < 1.29 is 22.7 Å². The van der Waals surface area contributed by atoms with Crippen molar-refractivity contribution >= 4 is 17.6 Å². The van der Waals surface area contributed by atoms with E-state index in [1.165, 1.54) is 26.0 Å². The van der Waals surface area contributed by atoms with Crippen LogP contribution in [0.15, 0.2) is 12.1 Å². The SMILES string of the molecule is CCOC(=O)C(F)(F)[C@H](N)c1c(Cl)ccc(C)c1F. The lowest BCUT2D eigenvalue weighted by atomic mass is 9.98. The van der Waals surface area contributed by atoms with Gasteiger partial charge in [0.25, 0.3) is 0 Å². The summed E-state index contributed by atoms with van der Waals surface area (Å²) < 4.78 is 45.6. The monoisotopic (exact) mass is 295 g/mol. The van der Waals surface area contributed by atoms with Gasteiger partial charge in [0.1, 0.15) is 11.9 Å². The number of nitrogens with two attached hydrogens (primary N) is 1. The Balaban J connectivity index is 3.23. The minimum Gasteiger partial charge on any atom is -0.462 e. The Hall–Kier alpha value is -1.27. The van der Waals surface area contributed by atoms with Crippen LogP contribution in [0, 0.1) is 12.7 Å². The zero-order valence-electron chi connectivity index (χ0n) is 10.3. The van der Waals surface area contributed by atoms with Crippen molar-refractivity contribution in [3.63, 3.8) is 0 Å². The van der Waals surface area contributed by atoms with Gasteiger partial charge in [0.2, 0.25) is 0 Å². The summed E-state index contributed by atoms with van der Waals surface area (Å²) in [4.78, 5) is 11.2. The predicted molar refractivity (Wildman–Crippen MR) is 64.7 cm³/mol. The quantitative estimate of drug-likeness (QED) is 0.869. The van der Waals surface area contributed by atoms with Crippen LogP contribution >= 0.6 is 11.6 Å². The number of esters is 1. The Bertz CT molecular complexity index is 494. The molecule has 3 nitrogen and oxygen atoms in total. The summed E-state index contributed by atoms with van der Waals surface area (Å²) in [6.07, 6.45) is 0. The summed E-state index contributed by atoms with van der Waals surface area (Å²) >= 11 is 5.68. The van der Waals surface area contributed by atoms with Gasteiger partial charge in [-0.2, -0.15) is 8.78 Å². The maximum atomic E-state index is 13.8. The number of carbonyl (C=O) groups excluding carboxylic acids is 1. The number of aryl methyl sites for hydroxylation is 1. The summed E-state index contributed by atoms with van der Waals surface area (Å²) in [6, 6.07) is 0.367. The van der Waals surface area contributed by atoms with E-state index in [0.717, 1.165) is 0 Å². The minimum atomic E-state index is -4.06. The topological polar surface area (TPSA) is 52.3 Å². The second-order valence-electron chi connectivity index (χ2n) is 3.91. The third kappa shape index (κ3) is 3.01. The van der Waals surface area contributed by atoms with Crippen LogP contribution in [0.3, 0.4) is 0 Å². The van der Waals surface area contributed by atoms with Gasteiger partial charge < -0.3 is 10.5 Å². The molecule has 19 heavy (non-hydrogen) atoms. The van der Waals surface area contributed by atoms with Crippen LogP contribution in [0.4, 0.5) is 13.2 Å². The van der Waals surface area contributed by atoms with Gasteiger partial charge in [0.05, 0.1) is 6.61 Å². The molecule has 1 aromatic rings. The summed E-state index contributed by atoms with van der Waals surface area (Å²) in [6.45, 7) is 2.52. The van der Waals surface area contributed by atoms with E-state index in [1.54, 1.807) is 0 Å². The van der Waals surface area contributed by atoms with Crippen LogP contribution in [-0.4, -0.2) is 18.5 Å². The van der Waals surface area contributed by atoms with Gasteiger partial charge in [-0.15, -0.1) is 0 Å². The smallest absolute Gasteiger partial charge is 0.379 e. The average molecular weight is 296 g/mol. The van der Waals surface area contributed by atoms with Crippen LogP contribution in [0.5, 0.6) is 0 Å². The average Bonchev–Trinajstić information content (AvgIpc) is 2.34. The lowest BCUT2D eigenvalue weighted by molar-refractivity contribution is -0.174. The molecule has 0 saturated carbocycles. The fourth-order valence-electron chi connectivity index (χ4n) is 1.50. The Labute approximate surface area is 113 Å². The fourth-order valence-corrected chi connectivity index (χ4v) is 1.76. The van der Waals surface area contributed by atoms with Gasteiger partial charge in [-0.3, -0.25) is 0 Å². The van der Waals surface area contributed by atoms with Gasteiger partial charge in [-0.25, -0.2) is 9.18 Å². The number of hydrogen-bond acceptors (Lipinski definition) is 3. The van der Waals surface area contributed by atoms with E-state index in [9.17, 15) is 18.0 Å². The van der Waals surface area contributed by atoms with Gasteiger partial charge in [-0.05, 0) is 25.5 Å². The van der Waals surface area contributed by atoms with Crippen molar-refractivity contribution in [1.82, 2.24) is 0 Å². The molecule has 0 fully saturated rings. The summed E-state index contributed by atoms with van der Waals surface area (Å²) in [5.74, 6) is -6.82. The van der Waals surface area contributed by atoms with Crippen molar-refractivity contribution in [3.8, 4) is 0 Å². The molecule has 0 aliphatic carbocycles. The molecule has 0 saturated heterocycles. The molecule has 0 aliphatic rings. The highest BCUT2D eigenvalue weighted by Gasteiger charge is 2.49. The van der Waals surface area contributed by atoms with Gasteiger partial charge >= 0.3 is 11.9 Å². The van der Waals surface area contributed by atoms with Crippen LogP contribution < -0.4 is 5.73 Å². The summed E-state index contributed by atoms with van der Waals surface area (Å²) in [5, 5.41) is -0.264. The van der Waals surface area contributed by atoms with Crippen molar-refractivity contribution in [1.29, 1.82) is 0 Å². The van der Waals surface area contributed by atoms with E-state index in [0.29, 0.717) is 0 Å². The molecule has 1 rings (SSSR count). The van der Waals surface area contributed by atoms with Crippen LogP contribution in [0.25, 0.3) is 0 Å². The first-order chi connectivity index (χ1) is 8.73. The van der Waals surface area contributed by atoms with E-state index in [2.05, 4.69) is 4.74 Å². The van der Waals surface area contributed by atoms with Gasteiger partial charge in [-0.1, -0.05) is 17.7 Å². The molecule has 0 aromatic heterocycles. The molecule has 0 unspecified atom stereocenters. The van der Waals surface area contributed by atoms with E-state index in [-0.39, 0.29) is 17.2 Å². The molecule has 0 amide bonds. The minimum absolute atomic E-state index is 0.106. The molecule has 106 valence electrons. The van der Waals surface area contributed by atoms with E-state index in [1.807, 2.05) is 0 Å². The highest BCUT2D eigenvalue weighted by molar-refractivity contribution is 6.31. The molecule has 0 radical (unpaired) electrons. The zero-order chi connectivity index (χ0) is 14.8. The second kappa shape index (κ2) is 5.79. The number of halogens is 4. The molecule has 0 aliphatic heterocycles. The zero-order valence-corrected chi connectivity index (χ0v) is 11.1. The number of rotatable bonds is 4. The number of alkyl halides is 2. The standard InChI is InChI=1S/C12H13ClF3NO2/c1-3-19-11(18)12(15,16)10(17)8-7(13)5-4-6(2)9(8)14/h4-5,10H,3,17H2,1-2H3/t10-/m1/s1. The van der Waals surface area contributed by atoms with Crippen LogP contribution in [0.2, 0.25) is 5.02 Å². The number of hydrogen-bond donors (Lipinski definition) is 1. The van der Waals surface area contributed by atoms with Crippen molar-refractivity contribution in [2.45, 2.75) is 25.8 Å². The highest BCUT2D eigenvalue weighted by Crippen LogP contribution is 2.36. The Kier molecular flexibility index (Phi) is 4.81. The predicted octanol–water partition coefficient (Wildman–Crippen LogP) is 2.99. The Morgan fingerprint density at radius 3 is 2.63 bits per heavy atom. The maximum absolute atomic E-state index is 13.8. The van der Waals surface area contributed by atoms with Crippen molar-refractivity contribution in [3.05, 3.63) is 34.1 Å². The summed E-state index contributed by atoms with van der Waals surface area (Å²) in [7, 11) is 0. The largest absolute Gasteiger partial charge is 0.462 e. The van der Waals surface area contributed by atoms with Crippen LogP contribution in [0.1, 0.15) is 24.1 Å². The lowest BCUT2D eigenvalue weighted by Crippen LogP contribution is -2.42. The number of carbonyl (C=O) groups is 1. The molecule has 2 N–H and O–H groups in total. The first kappa shape index (κ1) is 15.8. The van der Waals surface area contributed by atoms with Crippen LogP contribution in [-0.2, 0) is 9.53 Å². The molecule has 1 aromatic carbocycles. The third-order valence-electron chi connectivity index (χ3n) is 2.57. The molecule has 0 spiro atoms. The second-order valence-corrected chi connectivity index (χ2v) is 4.32. The third-order valence-corrected chi connectivity index (χ3v) is 2.90. The lowest BCUT2D eigenvalue weighted by Gasteiger charge is -2.23. The van der Waals surface area contributed by atoms with Crippen molar-refractivity contribution in [2.24, 2.45) is 5.73 Å². The fraction of sp³-hybridized carbons (Fsp3) is 0.417. The molecule has 1 atom stereocenters. The normalized spacial score (nSPS) is 13.2. The van der Waals surface area contributed by atoms with Gasteiger partial charge in [0, 0.05) is 10.6 Å². The Morgan fingerprint density at radius 2 is 2.11 bits per heavy atom. The molecular formula is C12H13ClF3NO2. The first-order valence-electron chi connectivity index (χ1n) is 5.48. The number of benzene rings is 1. The van der Waals surface area contributed by atoms with E-state index < -0.39 is 29.3 Å². The molecule has 0 bridgehead atoms. The molecule has 0 heterocycles. The molecule has 7 heteroatoms. The number of ether oxygens (including phenoxy) is 1.